The molecule has 0 aliphatic heterocycles. The third kappa shape index (κ3) is 3.42. The zero-order valence-electron chi connectivity index (χ0n) is 10.9. The average molecular weight is 301 g/mol. The zero-order chi connectivity index (χ0) is 15.6. The molecule has 0 fully saturated rings. The number of methoxy groups -OCH3 is 1. The summed E-state index contributed by atoms with van der Waals surface area (Å²) in [5.41, 5.74) is -0.200. The van der Waals surface area contributed by atoms with Gasteiger partial charge in [-0.15, -0.1) is 0 Å². The molecule has 0 atom stereocenters. The molecule has 2 aromatic rings. The van der Waals surface area contributed by atoms with Gasteiger partial charge < -0.3 is 9.30 Å². The van der Waals surface area contributed by atoms with E-state index in [-0.39, 0.29) is 12.1 Å². The quantitative estimate of drug-likeness (QED) is 0.640. The van der Waals surface area contributed by atoms with E-state index in [1.165, 1.54) is 30.0 Å². The molecule has 0 bridgehead atoms. The number of carbonyl (C=O) groups is 1. The first-order valence-corrected chi connectivity index (χ1v) is 5.91. The number of aromatic nitrogens is 1. The van der Waals surface area contributed by atoms with E-state index in [4.69, 9.17) is 4.74 Å². The Hall–Kier alpha value is -2.31. The Labute approximate surface area is 117 Å². The Kier molecular flexibility index (Phi) is 4.02. The van der Waals surface area contributed by atoms with Gasteiger partial charge in [0.05, 0.1) is 7.11 Å². The second-order valence-corrected chi connectivity index (χ2v) is 4.36. The van der Waals surface area contributed by atoms with Gasteiger partial charge in [0.1, 0.15) is 11.6 Å². The first kappa shape index (κ1) is 15.1. The number of nitrogens with zero attached hydrogens (tertiary/aromatic N) is 1. The molecular formula is C14H11F4NO2. The Balaban J connectivity index is 2.18. The van der Waals surface area contributed by atoms with Crippen molar-refractivity contribution < 1.29 is 27.1 Å². The van der Waals surface area contributed by atoms with E-state index in [0.717, 1.165) is 12.3 Å². The molecule has 1 heterocycles. The molecule has 0 saturated heterocycles. The SMILES string of the molecule is COc1ccc(Cn2ccc(C(=O)C(F)(F)F)c2)c(F)c1. The lowest BCUT2D eigenvalue weighted by atomic mass is 10.2. The highest BCUT2D eigenvalue weighted by atomic mass is 19.4. The zero-order valence-corrected chi connectivity index (χ0v) is 10.9. The highest BCUT2D eigenvalue weighted by Crippen LogP contribution is 2.22. The van der Waals surface area contributed by atoms with Crippen molar-refractivity contribution in [3.8, 4) is 5.75 Å². The number of ketones is 1. The van der Waals surface area contributed by atoms with Crippen LogP contribution in [-0.2, 0) is 6.54 Å². The van der Waals surface area contributed by atoms with Gasteiger partial charge in [-0.2, -0.15) is 13.2 Å². The molecule has 0 spiro atoms. The van der Waals surface area contributed by atoms with E-state index >= 15 is 0 Å². The van der Waals surface area contributed by atoms with Crippen LogP contribution in [0.4, 0.5) is 17.6 Å². The summed E-state index contributed by atoms with van der Waals surface area (Å²) in [6.07, 6.45) is -2.58. The number of hydrogen-bond acceptors (Lipinski definition) is 2. The van der Waals surface area contributed by atoms with Crippen LogP contribution >= 0.6 is 0 Å². The molecule has 0 amide bonds. The molecular weight excluding hydrogens is 290 g/mol. The van der Waals surface area contributed by atoms with E-state index in [9.17, 15) is 22.4 Å². The molecule has 1 aromatic carbocycles. The van der Waals surface area contributed by atoms with Crippen molar-refractivity contribution in [3.05, 3.63) is 53.6 Å². The maximum Gasteiger partial charge on any atom is 0.454 e. The normalized spacial score (nSPS) is 11.5. The number of halogens is 4. The van der Waals surface area contributed by atoms with Crippen molar-refractivity contribution >= 4 is 5.78 Å². The van der Waals surface area contributed by atoms with Crippen LogP contribution in [0, 0.1) is 5.82 Å². The van der Waals surface area contributed by atoms with Crippen LogP contribution in [0.15, 0.2) is 36.7 Å². The number of Topliss-reactive ketones (excluding diaryl/α,β-unsaturated/α-hetero) is 1. The van der Waals surface area contributed by atoms with E-state index in [1.54, 1.807) is 6.07 Å². The molecule has 0 aliphatic carbocycles. The van der Waals surface area contributed by atoms with Crippen molar-refractivity contribution in [2.45, 2.75) is 12.7 Å². The van der Waals surface area contributed by atoms with Crippen molar-refractivity contribution in [2.75, 3.05) is 7.11 Å². The Bertz CT molecular complexity index is 661. The number of alkyl halides is 3. The largest absolute Gasteiger partial charge is 0.497 e. The number of ether oxygens (including phenoxy) is 1. The van der Waals surface area contributed by atoms with Crippen LogP contribution in [-0.4, -0.2) is 23.6 Å². The monoisotopic (exact) mass is 301 g/mol. The highest BCUT2D eigenvalue weighted by molar-refractivity contribution is 6.00. The standard InChI is InChI=1S/C14H11F4NO2/c1-21-11-3-2-9(12(15)6-11)7-19-5-4-10(8-19)13(20)14(16,17)18/h2-6,8H,7H2,1H3. The van der Waals surface area contributed by atoms with Gasteiger partial charge in [0, 0.05) is 36.1 Å². The van der Waals surface area contributed by atoms with Gasteiger partial charge in [0.15, 0.2) is 0 Å². The molecule has 0 unspecified atom stereocenters. The smallest absolute Gasteiger partial charge is 0.454 e. The van der Waals surface area contributed by atoms with Gasteiger partial charge in [-0.3, -0.25) is 4.79 Å². The van der Waals surface area contributed by atoms with E-state index in [0.29, 0.717) is 5.75 Å². The average Bonchev–Trinajstić information content (AvgIpc) is 2.87. The van der Waals surface area contributed by atoms with E-state index in [1.807, 2.05) is 0 Å². The third-order valence-corrected chi connectivity index (χ3v) is 2.88. The van der Waals surface area contributed by atoms with Gasteiger partial charge in [-0.05, 0) is 12.1 Å². The van der Waals surface area contributed by atoms with E-state index in [2.05, 4.69) is 0 Å². The fraction of sp³-hybridized carbons (Fsp3) is 0.214. The lowest BCUT2D eigenvalue weighted by molar-refractivity contribution is -0.0885. The second-order valence-electron chi connectivity index (χ2n) is 4.36. The Morgan fingerprint density at radius 3 is 2.57 bits per heavy atom. The molecule has 112 valence electrons. The van der Waals surface area contributed by atoms with Crippen molar-refractivity contribution in [2.24, 2.45) is 0 Å². The molecule has 0 radical (unpaired) electrons. The summed E-state index contributed by atoms with van der Waals surface area (Å²) in [5.74, 6) is -2.11. The summed E-state index contributed by atoms with van der Waals surface area (Å²) < 4.78 is 56.8. The maximum atomic E-state index is 13.7. The first-order chi connectivity index (χ1) is 9.81. The molecule has 21 heavy (non-hydrogen) atoms. The minimum Gasteiger partial charge on any atom is -0.497 e. The lowest BCUT2D eigenvalue weighted by Crippen LogP contribution is -2.22. The van der Waals surface area contributed by atoms with Gasteiger partial charge in [0.2, 0.25) is 0 Å². The molecule has 1 aromatic heterocycles. The Morgan fingerprint density at radius 2 is 2.00 bits per heavy atom. The number of hydrogen-bond donors (Lipinski definition) is 0. The summed E-state index contributed by atoms with van der Waals surface area (Å²) in [4.78, 5) is 11.1. The number of rotatable bonds is 4. The minimum atomic E-state index is -4.92. The van der Waals surface area contributed by atoms with Crippen molar-refractivity contribution in [1.29, 1.82) is 0 Å². The second kappa shape index (κ2) is 5.59. The summed E-state index contributed by atoms with van der Waals surface area (Å²) in [7, 11) is 1.40. The number of carbonyl (C=O) groups excluding carboxylic acids is 1. The van der Waals surface area contributed by atoms with Gasteiger partial charge in [-0.25, -0.2) is 4.39 Å². The predicted molar refractivity (Wildman–Crippen MR) is 66.9 cm³/mol. The van der Waals surface area contributed by atoms with Gasteiger partial charge >= 0.3 is 6.18 Å². The molecule has 7 heteroatoms. The van der Waals surface area contributed by atoms with Crippen LogP contribution in [0.1, 0.15) is 15.9 Å². The maximum absolute atomic E-state index is 13.7. The van der Waals surface area contributed by atoms with Gasteiger partial charge in [0.25, 0.3) is 5.78 Å². The predicted octanol–water partition coefficient (Wildman–Crippen LogP) is 3.43. The van der Waals surface area contributed by atoms with Crippen LogP contribution in [0.5, 0.6) is 5.75 Å². The highest BCUT2D eigenvalue weighted by Gasteiger charge is 2.39. The van der Waals surface area contributed by atoms with Crippen molar-refractivity contribution in [3.63, 3.8) is 0 Å². The van der Waals surface area contributed by atoms with Crippen LogP contribution < -0.4 is 4.74 Å². The molecule has 0 aliphatic rings. The fourth-order valence-electron chi connectivity index (χ4n) is 1.82. The summed E-state index contributed by atoms with van der Waals surface area (Å²) in [6, 6.07) is 5.25. The van der Waals surface area contributed by atoms with Crippen LogP contribution in [0.25, 0.3) is 0 Å². The fourth-order valence-corrected chi connectivity index (χ4v) is 1.82. The first-order valence-electron chi connectivity index (χ1n) is 5.91. The summed E-state index contributed by atoms with van der Waals surface area (Å²) >= 11 is 0. The minimum absolute atomic E-state index is 0.0148. The van der Waals surface area contributed by atoms with Crippen molar-refractivity contribution in [1.82, 2.24) is 4.57 Å². The number of benzene rings is 1. The van der Waals surface area contributed by atoms with E-state index < -0.39 is 23.3 Å². The van der Waals surface area contributed by atoms with Crippen LogP contribution in [0.3, 0.4) is 0 Å². The molecule has 3 nitrogen and oxygen atoms in total. The van der Waals surface area contributed by atoms with Gasteiger partial charge in [-0.1, -0.05) is 6.07 Å². The summed E-state index contributed by atoms with van der Waals surface area (Å²) in [6.45, 7) is 0.0148. The molecule has 0 N–H and O–H groups in total. The van der Waals surface area contributed by atoms with Crippen LogP contribution in [0.2, 0.25) is 0 Å². The third-order valence-electron chi connectivity index (χ3n) is 2.88. The lowest BCUT2D eigenvalue weighted by Gasteiger charge is -2.07. The molecule has 2 rings (SSSR count). The Morgan fingerprint density at radius 1 is 1.29 bits per heavy atom. The topological polar surface area (TPSA) is 31.2 Å². The molecule has 0 saturated carbocycles. The summed E-state index contributed by atoms with van der Waals surface area (Å²) in [5, 5.41) is 0.